The molecule has 0 aliphatic rings. The molecule has 0 fully saturated rings. The second-order valence-corrected chi connectivity index (χ2v) is 11.1. The fraction of sp³-hybridized carbons (Fsp3) is 0.533. The van der Waals surface area contributed by atoms with E-state index in [1.165, 1.54) is 0 Å². The molecule has 0 aliphatic heterocycles. The molecule has 3 heteroatoms. The van der Waals surface area contributed by atoms with Gasteiger partial charge in [-0.25, -0.2) is 0 Å². The summed E-state index contributed by atoms with van der Waals surface area (Å²) in [5.74, 6) is 0.856. The van der Waals surface area contributed by atoms with E-state index in [2.05, 4.69) is 33.9 Å². The van der Waals surface area contributed by atoms with E-state index in [0.29, 0.717) is 0 Å². The fourth-order valence-corrected chi connectivity index (χ4v) is 2.64. The average molecular weight is 264 g/mol. The first kappa shape index (κ1) is 15.0. The molecular formula is C15H24O2Si. The van der Waals surface area contributed by atoms with Crippen LogP contribution < -0.4 is 4.43 Å². The van der Waals surface area contributed by atoms with Crippen LogP contribution in [0.1, 0.15) is 42.3 Å². The van der Waals surface area contributed by atoms with Crippen LogP contribution in [-0.4, -0.2) is 14.6 Å². The van der Waals surface area contributed by atoms with Crippen molar-refractivity contribution < 1.29 is 9.22 Å². The number of carbonyl (C=O) groups excluding carboxylic acids is 1. The molecule has 0 spiro atoms. The van der Waals surface area contributed by atoms with E-state index in [1.807, 2.05) is 26.0 Å². The van der Waals surface area contributed by atoms with Gasteiger partial charge in [0.15, 0.2) is 6.29 Å². The third-order valence-electron chi connectivity index (χ3n) is 3.97. The Morgan fingerprint density at radius 1 is 1.17 bits per heavy atom. The Balaban J connectivity index is 3.18. The van der Waals surface area contributed by atoms with Gasteiger partial charge in [0.05, 0.1) is 0 Å². The number of carbonyl (C=O) groups is 1. The SMILES string of the molecule is Cc1ccc(O[Si](C)(C)C(C)(C)C)c(C)c1C=O. The first-order valence-corrected chi connectivity index (χ1v) is 9.25. The molecule has 0 saturated heterocycles. The van der Waals surface area contributed by atoms with Crippen molar-refractivity contribution in [3.8, 4) is 5.75 Å². The molecule has 0 amide bonds. The molecule has 0 atom stereocenters. The maximum Gasteiger partial charge on any atom is 0.250 e. The molecule has 1 aromatic carbocycles. The van der Waals surface area contributed by atoms with Gasteiger partial charge in [0.2, 0.25) is 8.32 Å². The van der Waals surface area contributed by atoms with Crippen LogP contribution in [0.2, 0.25) is 18.1 Å². The predicted octanol–water partition coefficient (Wildman–Crippen LogP) is 4.50. The van der Waals surface area contributed by atoms with Crippen LogP contribution in [0.4, 0.5) is 0 Å². The summed E-state index contributed by atoms with van der Waals surface area (Å²) in [6.07, 6.45) is 0.920. The highest BCUT2D eigenvalue weighted by Gasteiger charge is 2.39. The van der Waals surface area contributed by atoms with Gasteiger partial charge < -0.3 is 4.43 Å². The second-order valence-electron chi connectivity index (χ2n) is 6.40. The van der Waals surface area contributed by atoms with Gasteiger partial charge in [0.25, 0.3) is 0 Å². The molecule has 0 aromatic heterocycles. The monoisotopic (exact) mass is 264 g/mol. The molecule has 0 aliphatic carbocycles. The molecule has 0 N–H and O–H groups in total. The average Bonchev–Trinajstić information content (AvgIpc) is 2.21. The maximum atomic E-state index is 11.1. The summed E-state index contributed by atoms with van der Waals surface area (Å²) in [5, 5.41) is 0.158. The highest BCUT2D eigenvalue weighted by atomic mass is 28.4. The van der Waals surface area contributed by atoms with Gasteiger partial charge in [0, 0.05) is 11.1 Å². The molecule has 0 bridgehead atoms. The van der Waals surface area contributed by atoms with Crippen molar-refractivity contribution in [3.63, 3.8) is 0 Å². The van der Waals surface area contributed by atoms with Crippen molar-refractivity contribution in [2.24, 2.45) is 0 Å². The maximum absolute atomic E-state index is 11.1. The normalized spacial score (nSPS) is 12.4. The van der Waals surface area contributed by atoms with Crippen molar-refractivity contribution in [2.75, 3.05) is 0 Å². The Bertz CT molecular complexity index is 456. The second kappa shape index (κ2) is 4.88. The van der Waals surface area contributed by atoms with Crippen molar-refractivity contribution in [1.82, 2.24) is 0 Å². The Morgan fingerprint density at radius 3 is 2.17 bits per heavy atom. The Morgan fingerprint density at radius 2 is 1.72 bits per heavy atom. The number of aryl methyl sites for hydroxylation is 1. The number of benzene rings is 1. The van der Waals surface area contributed by atoms with Crippen molar-refractivity contribution in [1.29, 1.82) is 0 Å². The highest BCUT2D eigenvalue weighted by Crippen LogP contribution is 2.38. The van der Waals surface area contributed by atoms with Gasteiger partial charge in [-0.2, -0.15) is 0 Å². The van der Waals surface area contributed by atoms with Gasteiger partial charge in [0.1, 0.15) is 5.75 Å². The van der Waals surface area contributed by atoms with Gasteiger partial charge in [-0.3, -0.25) is 4.79 Å². The predicted molar refractivity (Wildman–Crippen MR) is 79.1 cm³/mol. The molecule has 100 valence electrons. The van der Waals surface area contributed by atoms with Crippen LogP contribution in [-0.2, 0) is 0 Å². The lowest BCUT2D eigenvalue weighted by Gasteiger charge is -2.37. The molecule has 1 rings (SSSR count). The highest BCUT2D eigenvalue weighted by molar-refractivity contribution is 6.74. The third-order valence-corrected chi connectivity index (χ3v) is 8.31. The number of hydrogen-bond acceptors (Lipinski definition) is 2. The summed E-state index contributed by atoms with van der Waals surface area (Å²) in [6, 6.07) is 3.94. The minimum atomic E-state index is -1.85. The summed E-state index contributed by atoms with van der Waals surface area (Å²) < 4.78 is 6.27. The standard InChI is InChI=1S/C15H24O2Si/c1-11-8-9-14(12(2)13(11)10-16)17-18(6,7)15(3,4)5/h8-10H,1-7H3. The molecule has 0 unspecified atom stereocenters. The van der Waals surface area contributed by atoms with Crippen molar-refractivity contribution in [2.45, 2.75) is 52.8 Å². The van der Waals surface area contributed by atoms with Crippen LogP contribution in [0.25, 0.3) is 0 Å². The van der Waals surface area contributed by atoms with Crippen LogP contribution >= 0.6 is 0 Å². The quantitative estimate of drug-likeness (QED) is 0.593. The van der Waals surface area contributed by atoms with Crippen LogP contribution in [0.3, 0.4) is 0 Å². The van der Waals surface area contributed by atoms with Crippen molar-refractivity contribution >= 4 is 14.6 Å². The zero-order valence-electron chi connectivity index (χ0n) is 12.5. The fourth-order valence-electron chi connectivity index (χ4n) is 1.56. The van der Waals surface area contributed by atoms with Gasteiger partial charge in [-0.15, -0.1) is 0 Å². The lowest BCUT2D eigenvalue weighted by atomic mass is 10.0. The Labute approximate surface area is 111 Å². The summed E-state index contributed by atoms with van der Waals surface area (Å²) in [4.78, 5) is 11.1. The molecular weight excluding hydrogens is 240 g/mol. The number of rotatable bonds is 3. The van der Waals surface area contributed by atoms with E-state index >= 15 is 0 Å². The zero-order valence-corrected chi connectivity index (χ0v) is 13.5. The van der Waals surface area contributed by atoms with Gasteiger partial charge >= 0.3 is 0 Å². The number of aldehydes is 1. The lowest BCUT2D eigenvalue weighted by Crippen LogP contribution is -2.44. The summed E-state index contributed by atoms with van der Waals surface area (Å²) in [5.41, 5.74) is 2.71. The zero-order chi connectivity index (χ0) is 14.1. The largest absolute Gasteiger partial charge is 0.543 e. The van der Waals surface area contributed by atoms with Gasteiger partial charge in [-0.05, 0) is 43.6 Å². The molecule has 0 radical (unpaired) electrons. The topological polar surface area (TPSA) is 26.3 Å². The minimum Gasteiger partial charge on any atom is -0.543 e. The Hall–Kier alpha value is -1.09. The summed E-state index contributed by atoms with van der Waals surface area (Å²) >= 11 is 0. The molecule has 1 aromatic rings. The lowest BCUT2D eigenvalue weighted by molar-refractivity contribution is 0.112. The Kier molecular flexibility index (Phi) is 4.06. The van der Waals surface area contributed by atoms with Crippen LogP contribution in [0, 0.1) is 13.8 Å². The third kappa shape index (κ3) is 2.83. The smallest absolute Gasteiger partial charge is 0.250 e. The van der Waals surface area contributed by atoms with E-state index in [4.69, 9.17) is 4.43 Å². The van der Waals surface area contributed by atoms with E-state index < -0.39 is 8.32 Å². The van der Waals surface area contributed by atoms with Crippen molar-refractivity contribution in [3.05, 3.63) is 28.8 Å². The van der Waals surface area contributed by atoms with Crippen LogP contribution in [0.5, 0.6) is 5.75 Å². The van der Waals surface area contributed by atoms with E-state index in [1.54, 1.807) is 0 Å². The first-order valence-electron chi connectivity index (χ1n) is 6.34. The minimum absolute atomic E-state index is 0.158. The molecule has 0 saturated carbocycles. The first-order chi connectivity index (χ1) is 8.10. The number of hydrogen-bond donors (Lipinski definition) is 0. The summed E-state index contributed by atoms with van der Waals surface area (Å²) in [7, 11) is -1.85. The van der Waals surface area contributed by atoms with Crippen LogP contribution in [0.15, 0.2) is 12.1 Å². The van der Waals surface area contributed by atoms with E-state index in [-0.39, 0.29) is 5.04 Å². The molecule has 18 heavy (non-hydrogen) atoms. The molecule has 0 heterocycles. The van der Waals surface area contributed by atoms with Gasteiger partial charge in [-0.1, -0.05) is 26.8 Å². The summed E-state index contributed by atoms with van der Waals surface area (Å²) in [6.45, 7) is 15.0. The van der Waals surface area contributed by atoms with E-state index in [0.717, 1.165) is 28.7 Å². The molecule has 2 nitrogen and oxygen atoms in total. The van der Waals surface area contributed by atoms with E-state index in [9.17, 15) is 4.79 Å².